The summed E-state index contributed by atoms with van der Waals surface area (Å²) < 4.78 is 0. The van der Waals surface area contributed by atoms with Gasteiger partial charge in [0.15, 0.2) is 0 Å². The third kappa shape index (κ3) is 3.62. The van der Waals surface area contributed by atoms with Gasteiger partial charge in [-0.05, 0) is 24.8 Å². The molecule has 0 saturated heterocycles. The Kier molecular flexibility index (Phi) is 5.22. The van der Waals surface area contributed by atoms with E-state index in [1.807, 2.05) is 37.3 Å². The average Bonchev–Trinajstić information content (AvgIpc) is 2.49. The summed E-state index contributed by atoms with van der Waals surface area (Å²) in [6, 6.07) is 9.67. The zero-order valence-corrected chi connectivity index (χ0v) is 12.5. The van der Waals surface area contributed by atoms with Crippen molar-refractivity contribution in [3.63, 3.8) is 0 Å². The van der Waals surface area contributed by atoms with Crippen molar-refractivity contribution >= 4 is 5.97 Å². The Labute approximate surface area is 122 Å². The summed E-state index contributed by atoms with van der Waals surface area (Å²) in [7, 11) is 0. The van der Waals surface area contributed by atoms with Crippen LogP contribution in [0.5, 0.6) is 0 Å². The molecule has 2 heteroatoms. The Hall–Kier alpha value is -1.31. The first-order chi connectivity index (χ1) is 9.63. The van der Waals surface area contributed by atoms with Crippen LogP contribution in [0.25, 0.3) is 0 Å². The lowest BCUT2D eigenvalue weighted by Gasteiger charge is -2.27. The monoisotopic (exact) mass is 274 g/mol. The second kappa shape index (κ2) is 6.92. The van der Waals surface area contributed by atoms with Gasteiger partial charge in [0, 0.05) is 0 Å². The zero-order chi connectivity index (χ0) is 14.4. The first-order valence-corrected chi connectivity index (χ1v) is 7.92. The van der Waals surface area contributed by atoms with E-state index < -0.39 is 11.4 Å². The number of rotatable bonds is 6. The van der Waals surface area contributed by atoms with Gasteiger partial charge in [-0.2, -0.15) is 0 Å². The molecule has 0 aromatic heterocycles. The molecule has 20 heavy (non-hydrogen) atoms. The zero-order valence-electron chi connectivity index (χ0n) is 12.5. The van der Waals surface area contributed by atoms with Gasteiger partial charge in [0.2, 0.25) is 0 Å². The lowest BCUT2D eigenvalue weighted by atomic mass is 9.76. The van der Waals surface area contributed by atoms with Crippen LogP contribution in [0.15, 0.2) is 30.3 Å². The predicted molar refractivity (Wildman–Crippen MR) is 81.9 cm³/mol. The maximum absolute atomic E-state index is 11.7. The second-order valence-corrected chi connectivity index (χ2v) is 6.40. The smallest absolute Gasteiger partial charge is 0.313 e. The molecule has 0 radical (unpaired) electrons. The van der Waals surface area contributed by atoms with Crippen LogP contribution in [-0.2, 0) is 10.2 Å². The largest absolute Gasteiger partial charge is 0.481 e. The van der Waals surface area contributed by atoms with E-state index in [-0.39, 0.29) is 0 Å². The molecule has 1 aromatic rings. The van der Waals surface area contributed by atoms with Gasteiger partial charge in [-0.1, -0.05) is 75.3 Å². The van der Waals surface area contributed by atoms with Crippen LogP contribution in [0.3, 0.4) is 0 Å². The van der Waals surface area contributed by atoms with Gasteiger partial charge in [-0.25, -0.2) is 0 Å². The molecule has 1 aliphatic rings. The van der Waals surface area contributed by atoms with Crippen molar-refractivity contribution in [2.75, 3.05) is 0 Å². The van der Waals surface area contributed by atoms with E-state index >= 15 is 0 Å². The number of hydrogen-bond donors (Lipinski definition) is 1. The molecule has 0 spiro atoms. The average molecular weight is 274 g/mol. The van der Waals surface area contributed by atoms with Crippen molar-refractivity contribution in [1.82, 2.24) is 0 Å². The van der Waals surface area contributed by atoms with Crippen molar-refractivity contribution in [2.24, 2.45) is 5.92 Å². The predicted octanol–water partition coefficient (Wildman–Crippen LogP) is 4.78. The highest BCUT2D eigenvalue weighted by atomic mass is 16.4. The Morgan fingerprint density at radius 2 is 1.85 bits per heavy atom. The number of carbonyl (C=O) groups is 1. The Morgan fingerprint density at radius 3 is 2.45 bits per heavy atom. The fourth-order valence-corrected chi connectivity index (χ4v) is 3.40. The molecule has 0 heterocycles. The fourth-order valence-electron chi connectivity index (χ4n) is 3.40. The minimum absolute atomic E-state index is 0.702. The van der Waals surface area contributed by atoms with E-state index in [4.69, 9.17) is 0 Å². The van der Waals surface area contributed by atoms with Crippen LogP contribution in [-0.4, -0.2) is 11.1 Å². The molecule has 1 fully saturated rings. The summed E-state index contributed by atoms with van der Waals surface area (Å²) in [6.45, 7) is 1.87. The van der Waals surface area contributed by atoms with E-state index in [1.54, 1.807) is 0 Å². The maximum Gasteiger partial charge on any atom is 0.313 e. The topological polar surface area (TPSA) is 37.3 Å². The highest BCUT2D eigenvalue weighted by Crippen LogP contribution is 2.33. The molecule has 1 aliphatic carbocycles. The summed E-state index contributed by atoms with van der Waals surface area (Å²) in [5, 5.41) is 9.62. The van der Waals surface area contributed by atoms with Crippen LogP contribution in [0, 0.1) is 5.92 Å². The molecule has 1 atom stereocenters. The van der Waals surface area contributed by atoms with Gasteiger partial charge >= 0.3 is 5.97 Å². The van der Waals surface area contributed by atoms with Gasteiger partial charge < -0.3 is 5.11 Å². The van der Waals surface area contributed by atoms with Crippen LogP contribution in [0.1, 0.15) is 63.9 Å². The number of hydrogen-bond acceptors (Lipinski definition) is 1. The lowest BCUT2D eigenvalue weighted by Crippen LogP contribution is -2.32. The van der Waals surface area contributed by atoms with Gasteiger partial charge in [0.25, 0.3) is 0 Å². The summed E-state index contributed by atoms with van der Waals surface area (Å²) in [4.78, 5) is 11.7. The number of carboxylic acids is 1. The first-order valence-electron chi connectivity index (χ1n) is 7.92. The molecule has 0 amide bonds. The molecule has 1 aromatic carbocycles. The first kappa shape index (κ1) is 15.1. The molecule has 0 bridgehead atoms. The lowest BCUT2D eigenvalue weighted by molar-refractivity contribution is -0.143. The van der Waals surface area contributed by atoms with Crippen LogP contribution in [0.2, 0.25) is 0 Å². The standard InChI is InChI=1S/C18H26O2/c1-18(17(19)20,16-12-6-3-7-13-16)14-8-11-15-9-4-2-5-10-15/h3,6-7,12-13,15H,2,4-5,8-11,14H2,1H3,(H,19,20). The number of carboxylic acid groups (broad SMARTS) is 1. The summed E-state index contributed by atoms with van der Waals surface area (Å²) in [6.07, 6.45) is 9.73. The van der Waals surface area contributed by atoms with E-state index in [1.165, 1.54) is 38.5 Å². The number of benzene rings is 1. The molecule has 2 rings (SSSR count). The molecule has 1 saturated carbocycles. The molecular weight excluding hydrogens is 248 g/mol. The van der Waals surface area contributed by atoms with Crippen molar-refractivity contribution in [3.05, 3.63) is 35.9 Å². The fraction of sp³-hybridized carbons (Fsp3) is 0.611. The van der Waals surface area contributed by atoms with Gasteiger partial charge in [0.05, 0.1) is 5.41 Å². The van der Waals surface area contributed by atoms with E-state index in [0.717, 1.165) is 24.3 Å². The molecule has 1 unspecified atom stereocenters. The van der Waals surface area contributed by atoms with Gasteiger partial charge in [-0.15, -0.1) is 0 Å². The highest BCUT2D eigenvalue weighted by molar-refractivity contribution is 5.80. The van der Waals surface area contributed by atoms with Crippen molar-refractivity contribution in [2.45, 2.75) is 63.7 Å². The van der Waals surface area contributed by atoms with Crippen LogP contribution < -0.4 is 0 Å². The normalized spacial score (nSPS) is 19.4. The van der Waals surface area contributed by atoms with Gasteiger partial charge in [0.1, 0.15) is 0 Å². The van der Waals surface area contributed by atoms with Crippen molar-refractivity contribution in [3.8, 4) is 0 Å². The molecule has 2 nitrogen and oxygen atoms in total. The molecular formula is C18H26O2. The molecule has 0 aliphatic heterocycles. The third-order valence-electron chi connectivity index (χ3n) is 4.90. The Balaban J connectivity index is 1.94. The third-order valence-corrected chi connectivity index (χ3v) is 4.90. The molecule has 1 N–H and O–H groups in total. The Morgan fingerprint density at radius 1 is 1.20 bits per heavy atom. The van der Waals surface area contributed by atoms with Gasteiger partial charge in [-0.3, -0.25) is 4.79 Å². The quantitative estimate of drug-likeness (QED) is 0.810. The number of aliphatic carboxylic acids is 1. The van der Waals surface area contributed by atoms with Crippen LogP contribution in [0.4, 0.5) is 0 Å². The van der Waals surface area contributed by atoms with Crippen molar-refractivity contribution in [1.29, 1.82) is 0 Å². The van der Waals surface area contributed by atoms with E-state index in [2.05, 4.69) is 0 Å². The summed E-state index contributed by atoms with van der Waals surface area (Å²) in [5.41, 5.74) is 0.187. The molecule has 110 valence electrons. The summed E-state index contributed by atoms with van der Waals surface area (Å²) >= 11 is 0. The minimum atomic E-state index is -0.740. The van der Waals surface area contributed by atoms with Crippen molar-refractivity contribution < 1.29 is 9.90 Å². The van der Waals surface area contributed by atoms with E-state index in [0.29, 0.717) is 0 Å². The minimum Gasteiger partial charge on any atom is -0.481 e. The highest BCUT2D eigenvalue weighted by Gasteiger charge is 2.34. The Bertz CT molecular complexity index is 420. The SMILES string of the molecule is CC(CCCC1CCCCC1)(C(=O)O)c1ccccc1. The maximum atomic E-state index is 11.7. The second-order valence-electron chi connectivity index (χ2n) is 6.40. The van der Waals surface area contributed by atoms with Crippen LogP contribution >= 0.6 is 0 Å². The summed E-state index contributed by atoms with van der Waals surface area (Å²) in [5.74, 6) is 0.130. The van der Waals surface area contributed by atoms with E-state index in [9.17, 15) is 9.90 Å².